The fourth-order valence-electron chi connectivity index (χ4n) is 2.85. The maximum atomic E-state index is 13.8. The smallest absolute Gasteiger partial charge is 0.165 e. The first kappa shape index (κ1) is 17.0. The van der Waals surface area contributed by atoms with Crippen LogP contribution in [0.25, 0.3) is 0 Å². The molecule has 0 aliphatic rings. The molecule has 1 rings (SSSR count). The molecular formula is C17H28FNO. The van der Waals surface area contributed by atoms with Crippen molar-refractivity contribution in [1.82, 2.24) is 5.32 Å². The van der Waals surface area contributed by atoms with Gasteiger partial charge in [-0.25, -0.2) is 4.39 Å². The van der Waals surface area contributed by atoms with E-state index in [0.29, 0.717) is 5.75 Å². The Kier molecular flexibility index (Phi) is 7.00. The summed E-state index contributed by atoms with van der Waals surface area (Å²) in [7, 11) is 3.49. The second-order valence-corrected chi connectivity index (χ2v) is 5.63. The highest BCUT2D eigenvalue weighted by atomic mass is 19.1. The number of rotatable bonds is 9. The van der Waals surface area contributed by atoms with E-state index < -0.39 is 0 Å². The summed E-state index contributed by atoms with van der Waals surface area (Å²) in [5.41, 5.74) is 1.27. The van der Waals surface area contributed by atoms with Gasteiger partial charge in [0.25, 0.3) is 0 Å². The Morgan fingerprint density at radius 3 is 2.55 bits per heavy atom. The van der Waals surface area contributed by atoms with Gasteiger partial charge in [-0.05, 0) is 49.4 Å². The Morgan fingerprint density at radius 2 is 2.05 bits per heavy atom. The van der Waals surface area contributed by atoms with Gasteiger partial charge in [0, 0.05) is 6.54 Å². The Bertz CT molecular complexity index is 408. The maximum Gasteiger partial charge on any atom is 0.165 e. The molecule has 1 N–H and O–H groups in total. The van der Waals surface area contributed by atoms with E-state index in [1.165, 1.54) is 26.4 Å². The quantitative estimate of drug-likeness (QED) is 0.733. The summed E-state index contributed by atoms with van der Waals surface area (Å²) in [6, 6.07) is 5.32. The molecule has 0 radical (unpaired) electrons. The van der Waals surface area contributed by atoms with Crippen LogP contribution in [0.2, 0.25) is 0 Å². The van der Waals surface area contributed by atoms with E-state index in [-0.39, 0.29) is 11.2 Å². The molecule has 0 aliphatic carbocycles. The summed E-state index contributed by atoms with van der Waals surface area (Å²) in [5, 5.41) is 3.31. The molecular weight excluding hydrogens is 253 g/mol. The van der Waals surface area contributed by atoms with Crippen molar-refractivity contribution in [2.45, 2.75) is 46.0 Å². The number of hydrogen-bond donors (Lipinski definition) is 1. The van der Waals surface area contributed by atoms with E-state index in [1.54, 1.807) is 12.1 Å². The Morgan fingerprint density at radius 1 is 1.30 bits per heavy atom. The zero-order valence-electron chi connectivity index (χ0n) is 13.3. The number of methoxy groups -OCH3 is 1. The number of benzene rings is 1. The highest BCUT2D eigenvalue weighted by molar-refractivity contribution is 5.30. The minimum absolute atomic E-state index is 0.214. The summed E-state index contributed by atoms with van der Waals surface area (Å²) in [4.78, 5) is 0. The Hall–Kier alpha value is -1.09. The zero-order chi connectivity index (χ0) is 15.0. The normalized spacial score (nSPS) is 14.1. The van der Waals surface area contributed by atoms with Crippen molar-refractivity contribution < 1.29 is 9.13 Å². The van der Waals surface area contributed by atoms with Crippen LogP contribution in [-0.2, 0) is 6.42 Å². The minimum atomic E-state index is -0.269. The molecule has 0 saturated heterocycles. The van der Waals surface area contributed by atoms with Crippen molar-refractivity contribution in [2.24, 2.45) is 5.41 Å². The lowest BCUT2D eigenvalue weighted by Gasteiger charge is -2.33. The summed E-state index contributed by atoms with van der Waals surface area (Å²) in [6.07, 6.45) is 5.60. The highest BCUT2D eigenvalue weighted by Gasteiger charge is 2.27. The summed E-state index contributed by atoms with van der Waals surface area (Å²) in [6.45, 7) is 5.41. The van der Waals surface area contributed by atoms with E-state index >= 15 is 0 Å². The zero-order valence-corrected chi connectivity index (χ0v) is 13.3. The van der Waals surface area contributed by atoms with Crippen LogP contribution in [-0.4, -0.2) is 20.7 Å². The second kappa shape index (κ2) is 8.25. The molecule has 1 aromatic carbocycles. The fraction of sp³-hybridized carbons (Fsp3) is 0.647. The molecule has 0 bridgehead atoms. The molecule has 0 amide bonds. The first-order valence-corrected chi connectivity index (χ1v) is 7.57. The third-order valence-corrected chi connectivity index (χ3v) is 4.16. The number of halogens is 1. The maximum absolute atomic E-state index is 13.8. The molecule has 1 atom stereocenters. The number of hydrogen-bond acceptors (Lipinski definition) is 2. The third kappa shape index (κ3) is 4.48. The molecule has 1 aromatic rings. The third-order valence-electron chi connectivity index (χ3n) is 4.16. The van der Waals surface area contributed by atoms with Crippen molar-refractivity contribution in [3.63, 3.8) is 0 Å². The molecule has 0 fully saturated rings. The topological polar surface area (TPSA) is 21.3 Å². The molecule has 0 saturated carbocycles. The first-order chi connectivity index (χ1) is 9.60. The monoisotopic (exact) mass is 281 g/mol. The molecule has 0 spiro atoms. The summed E-state index contributed by atoms with van der Waals surface area (Å²) < 4.78 is 18.8. The van der Waals surface area contributed by atoms with Crippen LogP contribution in [0.4, 0.5) is 4.39 Å². The number of unbranched alkanes of at least 4 members (excludes halogenated alkanes) is 1. The van der Waals surface area contributed by atoms with Crippen LogP contribution in [0.5, 0.6) is 5.75 Å². The van der Waals surface area contributed by atoms with Crippen molar-refractivity contribution in [2.75, 3.05) is 20.7 Å². The van der Waals surface area contributed by atoms with Gasteiger partial charge in [0.2, 0.25) is 0 Å². The Labute approximate surface area is 122 Å². The van der Waals surface area contributed by atoms with E-state index in [2.05, 4.69) is 19.2 Å². The molecule has 1 unspecified atom stereocenters. The van der Waals surface area contributed by atoms with Crippen LogP contribution in [0.1, 0.15) is 45.1 Å². The minimum Gasteiger partial charge on any atom is -0.494 e. The molecule has 114 valence electrons. The van der Waals surface area contributed by atoms with Gasteiger partial charge >= 0.3 is 0 Å². The van der Waals surface area contributed by atoms with Crippen molar-refractivity contribution in [3.05, 3.63) is 29.6 Å². The van der Waals surface area contributed by atoms with E-state index in [4.69, 9.17) is 4.74 Å². The molecule has 3 heteroatoms. The summed E-state index contributed by atoms with van der Waals surface area (Å²) >= 11 is 0. The lowest BCUT2D eigenvalue weighted by molar-refractivity contribution is 0.234. The van der Waals surface area contributed by atoms with Gasteiger partial charge < -0.3 is 10.1 Å². The van der Waals surface area contributed by atoms with Gasteiger partial charge in [-0.15, -0.1) is 0 Å². The van der Waals surface area contributed by atoms with Crippen LogP contribution in [0.3, 0.4) is 0 Å². The van der Waals surface area contributed by atoms with E-state index in [0.717, 1.165) is 24.9 Å². The lowest BCUT2D eigenvalue weighted by Crippen LogP contribution is -2.34. The lowest BCUT2D eigenvalue weighted by atomic mass is 9.75. The highest BCUT2D eigenvalue weighted by Crippen LogP contribution is 2.33. The van der Waals surface area contributed by atoms with Crippen LogP contribution in [0, 0.1) is 11.2 Å². The second-order valence-electron chi connectivity index (χ2n) is 5.63. The van der Waals surface area contributed by atoms with Crippen molar-refractivity contribution >= 4 is 0 Å². The standard InChI is InChI=1S/C17H28FNO/c1-5-7-10-17(6-2,13-19-3)12-14-8-9-16(20-4)15(18)11-14/h8-9,11,19H,5-7,10,12-13H2,1-4H3. The van der Waals surface area contributed by atoms with Crippen LogP contribution in [0.15, 0.2) is 18.2 Å². The molecule has 0 aromatic heterocycles. The van der Waals surface area contributed by atoms with Crippen molar-refractivity contribution in [3.8, 4) is 5.75 Å². The van der Waals surface area contributed by atoms with Gasteiger partial charge in [-0.2, -0.15) is 0 Å². The average Bonchev–Trinajstić information content (AvgIpc) is 2.45. The van der Waals surface area contributed by atoms with Gasteiger partial charge in [0.1, 0.15) is 0 Å². The molecule has 20 heavy (non-hydrogen) atoms. The number of ether oxygens (including phenoxy) is 1. The predicted octanol–water partition coefficient (Wildman–Crippen LogP) is 4.18. The number of nitrogens with one attached hydrogen (secondary N) is 1. The molecule has 2 nitrogen and oxygen atoms in total. The van der Waals surface area contributed by atoms with E-state index in [9.17, 15) is 4.39 Å². The SMILES string of the molecule is CCCCC(CC)(CNC)Cc1ccc(OC)c(F)c1. The predicted molar refractivity (Wildman–Crippen MR) is 82.8 cm³/mol. The van der Waals surface area contributed by atoms with Crippen LogP contribution >= 0.6 is 0 Å². The van der Waals surface area contributed by atoms with Crippen LogP contribution < -0.4 is 10.1 Å². The molecule has 0 aliphatic heterocycles. The van der Waals surface area contributed by atoms with E-state index in [1.807, 2.05) is 13.1 Å². The fourth-order valence-corrected chi connectivity index (χ4v) is 2.85. The largest absolute Gasteiger partial charge is 0.494 e. The van der Waals surface area contributed by atoms with Gasteiger partial charge in [-0.1, -0.05) is 32.8 Å². The summed E-state index contributed by atoms with van der Waals surface area (Å²) in [5.74, 6) is 0.0491. The molecule has 0 heterocycles. The first-order valence-electron chi connectivity index (χ1n) is 7.57. The van der Waals surface area contributed by atoms with Gasteiger partial charge in [0.15, 0.2) is 11.6 Å². The Balaban J connectivity index is 2.90. The van der Waals surface area contributed by atoms with Gasteiger partial charge in [-0.3, -0.25) is 0 Å². The van der Waals surface area contributed by atoms with Crippen molar-refractivity contribution in [1.29, 1.82) is 0 Å². The average molecular weight is 281 g/mol. The van der Waals surface area contributed by atoms with Gasteiger partial charge in [0.05, 0.1) is 7.11 Å².